The number of benzene rings is 2. The topological polar surface area (TPSA) is 59.1 Å². The Bertz CT molecular complexity index is 839. The van der Waals surface area contributed by atoms with Crippen molar-refractivity contribution in [3.63, 3.8) is 0 Å². The number of nitrogens with one attached hydrogen (secondary N) is 2. The van der Waals surface area contributed by atoms with E-state index in [1.165, 1.54) is 12.1 Å². The molecule has 6 heteroatoms. The minimum atomic E-state index is -0.236. The number of aromatic nitrogens is 2. The second-order valence-electron chi connectivity index (χ2n) is 5.87. The van der Waals surface area contributed by atoms with Crippen molar-refractivity contribution in [3.8, 4) is 0 Å². The Kier molecular flexibility index (Phi) is 6.33. The van der Waals surface area contributed by atoms with Crippen molar-refractivity contribution >= 4 is 22.7 Å². The molecule has 1 aromatic heterocycles. The molecule has 0 atom stereocenters. The first-order chi connectivity index (χ1) is 12.8. The van der Waals surface area contributed by atoms with Crippen LogP contribution >= 0.6 is 0 Å². The lowest BCUT2D eigenvalue weighted by Crippen LogP contribution is -2.10. The maximum atomic E-state index is 13.0. The summed E-state index contributed by atoms with van der Waals surface area (Å²) < 4.78 is 18.4. The SMILES string of the molecule is CCOCCCNc1nc(NCc2ccc(F)cc2)c2ccccc2n1. The monoisotopic (exact) mass is 354 g/mol. The number of rotatable bonds is 9. The molecular weight excluding hydrogens is 331 g/mol. The van der Waals surface area contributed by atoms with Gasteiger partial charge in [0.15, 0.2) is 0 Å². The van der Waals surface area contributed by atoms with Crippen molar-refractivity contribution < 1.29 is 9.13 Å². The first-order valence-electron chi connectivity index (χ1n) is 8.83. The molecule has 0 unspecified atom stereocenters. The van der Waals surface area contributed by atoms with Gasteiger partial charge in [-0.3, -0.25) is 0 Å². The van der Waals surface area contributed by atoms with Crippen molar-refractivity contribution in [2.24, 2.45) is 0 Å². The molecule has 0 saturated heterocycles. The smallest absolute Gasteiger partial charge is 0.225 e. The number of halogens is 1. The predicted molar refractivity (Wildman–Crippen MR) is 103 cm³/mol. The summed E-state index contributed by atoms with van der Waals surface area (Å²) in [6, 6.07) is 14.3. The van der Waals surface area contributed by atoms with Gasteiger partial charge in [0.25, 0.3) is 0 Å². The van der Waals surface area contributed by atoms with Crippen LogP contribution in [-0.2, 0) is 11.3 Å². The van der Waals surface area contributed by atoms with E-state index in [-0.39, 0.29) is 5.82 Å². The summed E-state index contributed by atoms with van der Waals surface area (Å²) in [5.74, 6) is 1.11. The van der Waals surface area contributed by atoms with Gasteiger partial charge in [-0.05, 0) is 43.2 Å². The minimum Gasteiger partial charge on any atom is -0.382 e. The molecule has 0 fully saturated rings. The highest BCUT2D eigenvalue weighted by atomic mass is 19.1. The molecule has 3 aromatic rings. The summed E-state index contributed by atoms with van der Waals surface area (Å²) in [7, 11) is 0. The van der Waals surface area contributed by atoms with Gasteiger partial charge in [-0.2, -0.15) is 4.98 Å². The number of fused-ring (bicyclic) bond motifs is 1. The molecule has 0 bridgehead atoms. The second-order valence-corrected chi connectivity index (χ2v) is 5.87. The summed E-state index contributed by atoms with van der Waals surface area (Å²) in [5, 5.41) is 7.54. The Morgan fingerprint density at radius 2 is 1.81 bits per heavy atom. The zero-order chi connectivity index (χ0) is 18.2. The molecule has 0 radical (unpaired) electrons. The van der Waals surface area contributed by atoms with Gasteiger partial charge in [0, 0.05) is 31.7 Å². The highest BCUT2D eigenvalue weighted by Crippen LogP contribution is 2.22. The zero-order valence-electron chi connectivity index (χ0n) is 14.8. The molecule has 0 spiro atoms. The van der Waals surface area contributed by atoms with Crippen LogP contribution in [0.2, 0.25) is 0 Å². The molecule has 2 N–H and O–H groups in total. The maximum Gasteiger partial charge on any atom is 0.225 e. The largest absolute Gasteiger partial charge is 0.382 e. The Labute approximate surface area is 152 Å². The van der Waals surface area contributed by atoms with E-state index in [0.29, 0.717) is 19.1 Å². The van der Waals surface area contributed by atoms with Crippen LogP contribution in [0.4, 0.5) is 16.2 Å². The Morgan fingerprint density at radius 1 is 1.00 bits per heavy atom. The molecule has 136 valence electrons. The van der Waals surface area contributed by atoms with E-state index in [1.807, 2.05) is 31.2 Å². The third-order valence-electron chi connectivity index (χ3n) is 3.93. The molecule has 5 nitrogen and oxygen atoms in total. The molecule has 2 aromatic carbocycles. The van der Waals surface area contributed by atoms with E-state index in [1.54, 1.807) is 12.1 Å². The number of ether oxygens (including phenoxy) is 1. The number of anilines is 2. The molecule has 26 heavy (non-hydrogen) atoms. The van der Waals surface area contributed by atoms with Gasteiger partial charge in [0.1, 0.15) is 11.6 Å². The van der Waals surface area contributed by atoms with Crippen molar-refractivity contribution in [3.05, 3.63) is 59.9 Å². The first kappa shape index (κ1) is 18.1. The van der Waals surface area contributed by atoms with Gasteiger partial charge in [-0.15, -0.1) is 0 Å². The zero-order valence-corrected chi connectivity index (χ0v) is 14.8. The van der Waals surface area contributed by atoms with Gasteiger partial charge in [-0.25, -0.2) is 9.37 Å². The van der Waals surface area contributed by atoms with Crippen molar-refractivity contribution in [1.82, 2.24) is 9.97 Å². The minimum absolute atomic E-state index is 0.236. The number of hydrogen-bond donors (Lipinski definition) is 2. The average molecular weight is 354 g/mol. The van der Waals surface area contributed by atoms with Crippen LogP contribution in [0, 0.1) is 5.82 Å². The fourth-order valence-corrected chi connectivity index (χ4v) is 2.60. The highest BCUT2D eigenvalue weighted by Gasteiger charge is 2.07. The summed E-state index contributed by atoms with van der Waals surface area (Å²) in [6.07, 6.45) is 0.891. The molecule has 0 aliphatic heterocycles. The molecule has 0 saturated carbocycles. The van der Waals surface area contributed by atoms with Crippen LogP contribution in [0.5, 0.6) is 0 Å². The summed E-state index contributed by atoms with van der Waals surface area (Å²) >= 11 is 0. The molecule has 1 heterocycles. The third-order valence-corrected chi connectivity index (χ3v) is 3.93. The lowest BCUT2D eigenvalue weighted by atomic mass is 10.2. The quantitative estimate of drug-likeness (QED) is 0.564. The van der Waals surface area contributed by atoms with Gasteiger partial charge in [0.05, 0.1) is 5.52 Å². The van der Waals surface area contributed by atoms with E-state index in [4.69, 9.17) is 4.74 Å². The van der Waals surface area contributed by atoms with Crippen LogP contribution in [0.15, 0.2) is 48.5 Å². The number of nitrogens with zero attached hydrogens (tertiary/aromatic N) is 2. The summed E-state index contributed by atoms with van der Waals surface area (Å²) in [5.41, 5.74) is 1.86. The Hall–Kier alpha value is -2.73. The summed E-state index contributed by atoms with van der Waals surface area (Å²) in [6.45, 7) is 4.73. The molecular formula is C20H23FN4O. The normalized spacial score (nSPS) is 10.8. The Balaban J connectivity index is 1.73. The highest BCUT2D eigenvalue weighted by molar-refractivity contribution is 5.90. The van der Waals surface area contributed by atoms with Crippen LogP contribution in [-0.4, -0.2) is 29.7 Å². The van der Waals surface area contributed by atoms with E-state index < -0.39 is 0 Å². The van der Waals surface area contributed by atoms with Crippen LogP contribution in [0.3, 0.4) is 0 Å². The molecule has 0 aliphatic carbocycles. The van der Waals surface area contributed by atoms with Gasteiger partial charge < -0.3 is 15.4 Å². The first-order valence-corrected chi connectivity index (χ1v) is 8.83. The molecule has 0 aliphatic rings. The number of para-hydroxylation sites is 1. The Morgan fingerprint density at radius 3 is 2.62 bits per heavy atom. The second kappa shape index (κ2) is 9.10. The van der Waals surface area contributed by atoms with Crippen molar-refractivity contribution in [2.45, 2.75) is 19.9 Å². The van der Waals surface area contributed by atoms with Gasteiger partial charge in [0.2, 0.25) is 5.95 Å². The van der Waals surface area contributed by atoms with Crippen molar-refractivity contribution in [2.75, 3.05) is 30.4 Å². The number of hydrogen-bond acceptors (Lipinski definition) is 5. The fraction of sp³-hybridized carbons (Fsp3) is 0.300. The lowest BCUT2D eigenvalue weighted by Gasteiger charge is -2.12. The predicted octanol–water partition coefficient (Wildman–Crippen LogP) is 4.22. The van der Waals surface area contributed by atoms with E-state index in [9.17, 15) is 4.39 Å². The third kappa shape index (κ3) is 4.89. The lowest BCUT2D eigenvalue weighted by molar-refractivity contribution is 0.147. The van der Waals surface area contributed by atoms with E-state index >= 15 is 0 Å². The molecule has 0 amide bonds. The van der Waals surface area contributed by atoms with Crippen LogP contribution in [0.1, 0.15) is 18.9 Å². The standard InChI is InChI=1S/C20H23FN4O/c1-2-26-13-5-12-22-20-24-18-7-4-3-6-17(18)19(25-20)23-14-15-8-10-16(21)11-9-15/h3-4,6-11H,2,5,12-14H2,1H3,(H2,22,23,24,25). The van der Waals surface area contributed by atoms with Gasteiger partial charge >= 0.3 is 0 Å². The van der Waals surface area contributed by atoms with Crippen molar-refractivity contribution in [1.29, 1.82) is 0 Å². The summed E-state index contributed by atoms with van der Waals surface area (Å²) in [4.78, 5) is 9.17. The maximum absolute atomic E-state index is 13.0. The van der Waals surface area contributed by atoms with E-state index in [2.05, 4.69) is 20.6 Å². The van der Waals surface area contributed by atoms with E-state index in [0.717, 1.165) is 41.9 Å². The van der Waals surface area contributed by atoms with Crippen LogP contribution in [0.25, 0.3) is 10.9 Å². The fourth-order valence-electron chi connectivity index (χ4n) is 2.60. The molecule has 3 rings (SSSR count). The van der Waals surface area contributed by atoms with Gasteiger partial charge in [-0.1, -0.05) is 24.3 Å². The average Bonchev–Trinajstić information content (AvgIpc) is 2.67. The van der Waals surface area contributed by atoms with Crippen LogP contribution < -0.4 is 10.6 Å².